The number of rotatable bonds is 4. The Balaban J connectivity index is 1.86. The molecule has 25 heavy (non-hydrogen) atoms. The Hall–Kier alpha value is -1.88. The molecule has 5 heteroatoms. The Morgan fingerprint density at radius 3 is 2.60 bits per heavy atom. The molecule has 2 heterocycles. The van der Waals surface area contributed by atoms with Crippen LogP contribution in [0.2, 0.25) is 5.02 Å². The minimum atomic E-state index is 0.227. The fourth-order valence-corrected chi connectivity index (χ4v) is 3.78. The third-order valence-corrected chi connectivity index (χ3v) is 5.07. The van der Waals surface area contributed by atoms with E-state index in [-0.39, 0.29) is 6.17 Å². The molecule has 1 atom stereocenters. The Morgan fingerprint density at radius 1 is 1.12 bits per heavy atom. The highest BCUT2D eigenvalue weighted by atomic mass is 35.5. The first-order valence-electron chi connectivity index (χ1n) is 8.83. The average Bonchev–Trinajstić information content (AvgIpc) is 3.02. The summed E-state index contributed by atoms with van der Waals surface area (Å²) >= 11 is 6.29. The van der Waals surface area contributed by atoms with Gasteiger partial charge in [-0.3, -0.25) is 4.90 Å². The fraction of sp³-hybridized carbons (Fsp3) is 0.350. The Labute approximate surface area is 153 Å². The van der Waals surface area contributed by atoms with E-state index in [0.717, 1.165) is 59.9 Å². The van der Waals surface area contributed by atoms with Crippen LogP contribution in [-0.4, -0.2) is 41.0 Å². The molecule has 3 aromatic rings. The third-order valence-electron chi connectivity index (χ3n) is 4.83. The summed E-state index contributed by atoms with van der Waals surface area (Å²) < 4.78 is 7.69. The predicted molar refractivity (Wildman–Crippen MR) is 102 cm³/mol. The lowest BCUT2D eigenvalue weighted by Gasteiger charge is -2.34. The van der Waals surface area contributed by atoms with Crippen molar-refractivity contribution in [2.75, 3.05) is 26.3 Å². The van der Waals surface area contributed by atoms with E-state index < -0.39 is 0 Å². The molecular formula is C20H22ClN3O. The monoisotopic (exact) mass is 355 g/mol. The molecule has 0 aliphatic carbocycles. The summed E-state index contributed by atoms with van der Waals surface area (Å²) in [4.78, 5) is 2.46. The molecule has 2 aromatic carbocycles. The molecule has 0 saturated carbocycles. The SMILES string of the molecule is CCC(N1CCOCC1)n1nc(-c2ccccc2)c2cc(Cl)ccc21. The van der Waals surface area contributed by atoms with Crippen LogP contribution in [0, 0.1) is 0 Å². The minimum absolute atomic E-state index is 0.227. The summed E-state index contributed by atoms with van der Waals surface area (Å²) in [7, 11) is 0. The minimum Gasteiger partial charge on any atom is -0.379 e. The number of halogens is 1. The van der Waals surface area contributed by atoms with Gasteiger partial charge in [0.1, 0.15) is 11.9 Å². The second-order valence-electron chi connectivity index (χ2n) is 6.36. The molecule has 0 radical (unpaired) electrons. The van der Waals surface area contributed by atoms with Crippen LogP contribution in [0.3, 0.4) is 0 Å². The molecule has 4 nitrogen and oxygen atoms in total. The number of hydrogen-bond acceptors (Lipinski definition) is 3. The van der Waals surface area contributed by atoms with E-state index in [1.54, 1.807) is 0 Å². The van der Waals surface area contributed by atoms with Crippen LogP contribution in [0.5, 0.6) is 0 Å². The van der Waals surface area contributed by atoms with Crippen LogP contribution in [0.25, 0.3) is 22.2 Å². The van der Waals surface area contributed by atoms with Crippen molar-refractivity contribution < 1.29 is 4.74 Å². The summed E-state index contributed by atoms with van der Waals surface area (Å²) in [6.07, 6.45) is 1.22. The molecule has 4 rings (SSSR count). The summed E-state index contributed by atoms with van der Waals surface area (Å²) in [6.45, 7) is 5.66. The molecule has 1 aliphatic heterocycles. The quantitative estimate of drug-likeness (QED) is 0.685. The molecule has 1 fully saturated rings. The van der Waals surface area contributed by atoms with Crippen molar-refractivity contribution in [1.82, 2.24) is 14.7 Å². The smallest absolute Gasteiger partial charge is 0.104 e. The third kappa shape index (κ3) is 3.17. The maximum atomic E-state index is 6.29. The summed E-state index contributed by atoms with van der Waals surface area (Å²) in [5, 5.41) is 6.86. The van der Waals surface area contributed by atoms with E-state index in [2.05, 4.69) is 34.7 Å². The molecule has 1 aromatic heterocycles. The molecular weight excluding hydrogens is 334 g/mol. The van der Waals surface area contributed by atoms with Gasteiger partial charge in [-0.1, -0.05) is 48.9 Å². The van der Waals surface area contributed by atoms with Gasteiger partial charge in [0.2, 0.25) is 0 Å². The summed E-state index contributed by atoms with van der Waals surface area (Å²) in [5.41, 5.74) is 3.23. The normalized spacial score (nSPS) is 17.0. The lowest BCUT2D eigenvalue weighted by atomic mass is 10.1. The van der Waals surface area contributed by atoms with Gasteiger partial charge in [0, 0.05) is 29.1 Å². The van der Waals surface area contributed by atoms with Crippen LogP contribution >= 0.6 is 11.6 Å². The van der Waals surface area contributed by atoms with Crippen LogP contribution in [0.1, 0.15) is 19.5 Å². The van der Waals surface area contributed by atoms with Gasteiger partial charge in [0.25, 0.3) is 0 Å². The molecule has 1 saturated heterocycles. The molecule has 1 aliphatic rings. The zero-order valence-corrected chi connectivity index (χ0v) is 15.1. The maximum absolute atomic E-state index is 6.29. The van der Waals surface area contributed by atoms with Crippen LogP contribution in [0.4, 0.5) is 0 Å². The average molecular weight is 356 g/mol. The van der Waals surface area contributed by atoms with Gasteiger partial charge in [0.05, 0.1) is 18.7 Å². The van der Waals surface area contributed by atoms with Crippen molar-refractivity contribution in [3.63, 3.8) is 0 Å². The number of nitrogens with zero attached hydrogens (tertiary/aromatic N) is 3. The first-order chi connectivity index (χ1) is 12.3. The summed E-state index contributed by atoms with van der Waals surface area (Å²) in [5.74, 6) is 0. The molecule has 0 N–H and O–H groups in total. The molecule has 0 spiro atoms. The van der Waals surface area contributed by atoms with Gasteiger partial charge in [0.15, 0.2) is 0 Å². The molecule has 0 amide bonds. The van der Waals surface area contributed by atoms with Crippen molar-refractivity contribution in [2.45, 2.75) is 19.5 Å². The van der Waals surface area contributed by atoms with Crippen LogP contribution in [0.15, 0.2) is 48.5 Å². The summed E-state index contributed by atoms with van der Waals surface area (Å²) in [6, 6.07) is 16.4. The largest absolute Gasteiger partial charge is 0.379 e. The number of aromatic nitrogens is 2. The fourth-order valence-electron chi connectivity index (χ4n) is 3.61. The first kappa shape index (κ1) is 16.6. The Kier molecular flexibility index (Phi) is 4.75. The van der Waals surface area contributed by atoms with E-state index in [0.29, 0.717) is 0 Å². The highest BCUT2D eigenvalue weighted by Gasteiger charge is 2.24. The van der Waals surface area contributed by atoms with E-state index in [1.807, 2.05) is 30.3 Å². The van der Waals surface area contributed by atoms with E-state index in [1.165, 1.54) is 0 Å². The van der Waals surface area contributed by atoms with Crippen molar-refractivity contribution in [2.24, 2.45) is 0 Å². The zero-order valence-electron chi connectivity index (χ0n) is 14.4. The van der Waals surface area contributed by atoms with Gasteiger partial charge in [-0.15, -0.1) is 0 Å². The highest BCUT2D eigenvalue weighted by Crippen LogP contribution is 2.33. The highest BCUT2D eigenvalue weighted by molar-refractivity contribution is 6.31. The number of fused-ring (bicyclic) bond motifs is 1. The first-order valence-corrected chi connectivity index (χ1v) is 9.20. The second-order valence-corrected chi connectivity index (χ2v) is 6.79. The van der Waals surface area contributed by atoms with Gasteiger partial charge < -0.3 is 4.74 Å². The van der Waals surface area contributed by atoms with Crippen molar-refractivity contribution in [3.8, 4) is 11.3 Å². The topological polar surface area (TPSA) is 30.3 Å². The van der Waals surface area contributed by atoms with E-state index in [4.69, 9.17) is 21.4 Å². The van der Waals surface area contributed by atoms with Gasteiger partial charge in [-0.25, -0.2) is 4.68 Å². The maximum Gasteiger partial charge on any atom is 0.104 e. The van der Waals surface area contributed by atoms with Crippen molar-refractivity contribution in [1.29, 1.82) is 0 Å². The lowest BCUT2D eigenvalue weighted by molar-refractivity contribution is -0.00480. The van der Waals surface area contributed by atoms with E-state index >= 15 is 0 Å². The van der Waals surface area contributed by atoms with Crippen LogP contribution < -0.4 is 0 Å². The van der Waals surface area contributed by atoms with E-state index in [9.17, 15) is 0 Å². The number of ether oxygens (including phenoxy) is 1. The van der Waals surface area contributed by atoms with Crippen molar-refractivity contribution in [3.05, 3.63) is 53.6 Å². The number of hydrogen-bond donors (Lipinski definition) is 0. The Bertz CT molecular complexity index is 856. The van der Waals surface area contributed by atoms with Crippen LogP contribution in [-0.2, 0) is 4.74 Å². The molecule has 130 valence electrons. The second kappa shape index (κ2) is 7.16. The number of morpholine rings is 1. The molecule has 0 bridgehead atoms. The number of benzene rings is 2. The van der Waals surface area contributed by atoms with Gasteiger partial charge in [-0.2, -0.15) is 5.10 Å². The van der Waals surface area contributed by atoms with Gasteiger partial charge >= 0.3 is 0 Å². The Morgan fingerprint density at radius 2 is 1.88 bits per heavy atom. The van der Waals surface area contributed by atoms with Crippen molar-refractivity contribution >= 4 is 22.5 Å². The standard InChI is InChI=1S/C20H22ClN3O/c1-2-19(23-10-12-25-13-11-23)24-18-9-8-16(21)14-17(18)20(22-24)15-6-4-3-5-7-15/h3-9,14,19H,2,10-13H2,1H3. The van der Waals surface area contributed by atoms with Gasteiger partial charge in [-0.05, 0) is 24.6 Å². The predicted octanol–water partition coefficient (Wildman–Crippen LogP) is 4.60. The zero-order chi connectivity index (χ0) is 17.2. The lowest BCUT2D eigenvalue weighted by Crippen LogP contribution is -2.41. The molecule has 1 unspecified atom stereocenters.